The van der Waals surface area contributed by atoms with E-state index < -0.39 is 0 Å². The molecule has 1 aromatic rings. The predicted molar refractivity (Wildman–Crippen MR) is 77.5 cm³/mol. The van der Waals surface area contributed by atoms with Crippen LogP contribution in [0.15, 0.2) is 24.3 Å². The number of benzene rings is 1. The molecule has 0 aliphatic rings. The third-order valence-electron chi connectivity index (χ3n) is 3.56. The third-order valence-corrected chi connectivity index (χ3v) is 3.56. The van der Waals surface area contributed by atoms with Crippen LogP contribution >= 0.6 is 0 Å². The van der Waals surface area contributed by atoms with E-state index in [1.54, 1.807) is 0 Å². The Hall–Kier alpha value is -0.780. The summed E-state index contributed by atoms with van der Waals surface area (Å²) in [6, 6.07) is 9.03. The molecule has 0 aliphatic carbocycles. The number of hydrogen-bond donors (Lipinski definition) is 0. The van der Waals surface area contributed by atoms with Crippen molar-refractivity contribution in [2.24, 2.45) is 5.92 Å². The van der Waals surface area contributed by atoms with E-state index in [1.165, 1.54) is 43.2 Å². The Bertz CT molecular complexity index is 294. The molecule has 1 atom stereocenters. The van der Waals surface area contributed by atoms with Crippen LogP contribution in [0.25, 0.3) is 0 Å². The largest absolute Gasteiger partial charge is 0.0628 e. The van der Waals surface area contributed by atoms with Crippen LogP contribution in [0.1, 0.15) is 69.9 Å². The van der Waals surface area contributed by atoms with Crippen LogP contribution in [0.5, 0.6) is 0 Å². The predicted octanol–water partition coefficient (Wildman–Crippen LogP) is 5.71. The van der Waals surface area contributed by atoms with Crippen LogP contribution in [0.3, 0.4) is 0 Å². The Kier molecular flexibility index (Phi) is 6.32. The molecule has 17 heavy (non-hydrogen) atoms. The molecule has 0 aromatic heterocycles. The third kappa shape index (κ3) is 5.91. The van der Waals surface area contributed by atoms with Crippen molar-refractivity contribution in [3.63, 3.8) is 0 Å². The highest BCUT2D eigenvalue weighted by Crippen LogP contribution is 2.22. The highest BCUT2D eigenvalue weighted by Gasteiger charge is 2.04. The van der Waals surface area contributed by atoms with Gasteiger partial charge in [0.2, 0.25) is 0 Å². The second kappa shape index (κ2) is 7.53. The van der Waals surface area contributed by atoms with Crippen LogP contribution in [0.2, 0.25) is 0 Å². The number of hydrogen-bond acceptors (Lipinski definition) is 0. The second-order valence-corrected chi connectivity index (χ2v) is 5.84. The van der Waals surface area contributed by atoms with Gasteiger partial charge in [0.05, 0.1) is 0 Å². The summed E-state index contributed by atoms with van der Waals surface area (Å²) < 4.78 is 0. The molecule has 0 radical (unpaired) electrons. The lowest BCUT2D eigenvalue weighted by Gasteiger charge is -2.12. The van der Waals surface area contributed by atoms with Crippen molar-refractivity contribution in [2.45, 2.75) is 65.7 Å². The van der Waals surface area contributed by atoms with Crippen LogP contribution < -0.4 is 0 Å². The summed E-state index contributed by atoms with van der Waals surface area (Å²) in [4.78, 5) is 0. The molecule has 0 nitrogen and oxygen atoms in total. The fraction of sp³-hybridized carbons (Fsp3) is 0.647. The van der Waals surface area contributed by atoms with Gasteiger partial charge < -0.3 is 0 Å². The molecule has 0 aliphatic heterocycles. The van der Waals surface area contributed by atoms with Crippen molar-refractivity contribution in [2.75, 3.05) is 0 Å². The maximum atomic E-state index is 2.35. The first kappa shape index (κ1) is 14.3. The molecule has 0 N–H and O–H groups in total. The summed E-state index contributed by atoms with van der Waals surface area (Å²) in [6.07, 6.45) is 6.90. The summed E-state index contributed by atoms with van der Waals surface area (Å²) >= 11 is 0. The van der Waals surface area contributed by atoms with Gasteiger partial charge in [-0.15, -0.1) is 0 Å². The molecule has 0 fully saturated rings. The topological polar surface area (TPSA) is 0 Å². The van der Waals surface area contributed by atoms with Gasteiger partial charge in [-0.1, -0.05) is 76.3 Å². The molecule has 1 unspecified atom stereocenters. The molecule has 0 saturated heterocycles. The van der Waals surface area contributed by atoms with E-state index in [4.69, 9.17) is 0 Å². The first-order valence-electron chi connectivity index (χ1n) is 7.16. The van der Waals surface area contributed by atoms with Crippen LogP contribution in [0.4, 0.5) is 0 Å². The SMILES string of the molecule is Cc1ccc(C(C)CCCCCC(C)C)cc1. The summed E-state index contributed by atoms with van der Waals surface area (Å²) in [5.74, 6) is 1.58. The Balaban J connectivity index is 2.21. The van der Waals surface area contributed by atoms with Crippen molar-refractivity contribution in [1.29, 1.82) is 0 Å². The van der Waals surface area contributed by atoms with Gasteiger partial charge in [0, 0.05) is 0 Å². The van der Waals surface area contributed by atoms with E-state index in [9.17, 15) is 0 Å². The lowest BCUT2D eigenvalue weighted by Crippen LogP contribution is -1.94. The zero-order chi connectivity index (χ0) is 12.7. The Morgan fingerprint density at radius 3 is 2.00 bits per heavy atom. The molecule has 0 spiro atoms. The standard InChI is InChI=1S/C17H28/c1-14(2)8-6-5-7-9-16(4)17-12-10-15(3)11-13-17/h10-14,16H,5-9H2,1-4H3. The Morgan fingerprint density at radius 2 is 1.41 bits per heavy atom. The number of unbranched alkanes of at least 4 members (excludes halogenated alkanes) is 2. The van der Waals surface area contributed by atoms with Gasteiger partial charge in [-0.2, -0.15) is 0 Å². The minimum absolute atomic E-state index is 0.717. The van der Waals surface area contributed by atoms with Crippen LogP contribution in [-0.4, -0.2) is 0 Å². The molecule has 0 saturated carbocycles. The van der Waals surface area contributed by atoms with Gasteiger partial charge in [-0.05, 0) is 30.7 Å². The van der Waals surface area contributed by atoms with E-state index in [0.29, 0.717) is 0 Å². The molecule has 0 bridgehead atoms. The monoisotopic (exact) mass is 232 g/mol. The van der Waals surface area contributed by atoms with Gasteiger partial charge in [0.25, 0.3) is 0 Å². The minimum Gasteiger partial charge on any atom is -0.0628 e. The maximum Gasteiger partial charge on any atom is -0.0190 e. The van der Waals surface area contributed by atoms with Crippen molar-refractivity contribution >= 4 is 0 Å². The highest BCUT2D eigenvalue weighted by molar-refractivity contribution is 5.23. The lowest BCUT2D eigenvalue weighted by molar-refractivity contribution is 0.507. The molecular weight excluding hydrogens is 204 g/mol. The smallest absolute Gasteiger partial charge is 0.0190 e. The van der Waals surface area contributed by atoms with E-state index in [-0.39, 0.29) is 0 Å². The zero-order valence-electron chi connectivity index (χ0n) is 12.0. The van der Waals surface area contributed by atoms with Crippen molar-refractivity contribution in [3.05, 3.63) is 35.4 Å². The van der Waals surface area contributed by atoms with Gasteiger partial charge in [-0.25, -0.2) is 0 Å². The molecule has 1 aromatic carbocycles. The summed E-state index contributed by atoms with van der Waals surface area (Å²) in [7, 11) is 0. The average Bonchev–Trinajstić information content (AvgIpc) is 2.29. The Labute approximate surface area is 107 Å². The fourth-order valence-electron chi connectivity index (χ4n) is 2.24. The first-order chi connectivity index (χ1) is 8.09. The highest BCUT2D eigenvalue weighted by atomic mass is 14.1. The van der Waals surface area contributed by atoms with E-state index in [0.717, 1.165) is 11.8 Å². The summed E-state index contributed by atoms with van der Waals surface area (Å²) in [6.45, 7) is 9.14. The molecule has 0 heterocycles. The van der Waals surface area contributed by atoms with E-state index >= 15 is 0 Å². The second-order valence-electron chi connectivity index (χ2n) is 5.84. The summed E-state index contributed by atoms with van der Waals surface area (Å²) in [5, 5.41) is 0. The molecule has 1 rings (SSSR count). The van der Waals surface area contributed by atoms with Crippen molar-refractivity contribution < 1.29 is 0 Å². The van der Waals surface area contributed by atoms with Crippen molar-refractivity contribution in [1.82, 2.24) is 0 Å². The molecule has 96 valence electrons. The van der Waals surface area contributed by atoms with Gasteiger partial charge in [-0.3, -0.25) is 0 Å². The van der Waals surface area contributed by atoms with Gasteiger partial charge in [0.15, 0.2) is 0 Å². The molecular formula is C17H28. The number of rotatable bonds is 7. The lowest BCUT2D eigenvalue weighted by atomic mass is 9.94. The normalized spacial score (nSPS) is 13.0. The maximum absolute atomic E-state index is 2.35. The first-order valence-corrected chi connectivity index (χ1v) is 7.16. The van der Waals surface area contributed by atoms with Crippen LogP contribution in [0, 0.1) is 12.8 Å². The van der Waals surface area contributed by atoms with Crippen LogP contribution in [-0.2, 0) is 0 Å². The zero-order valence-corrected chi connectivity index (χ0v) is 12.0. The fourth-order valence-corrected chi connectivity index (χ4v) is 2.24. The molecule has 0 heteroatoms. The average molecular weight is 232 g/mol. The minimum atomic E-state index is 0.717. The Morgan fingerprint density at radius 1 is 0.824 bits per heavy atom. The van der Waals surface area contributed by atoms with E-state index in [2.05, 4.69) is 52.0 Å². The van der Waals surface area contributed by atoms with E-state index in [1.807, 2.05) is 0 Å². The van der Waals surface area contributed by atoms with Gasteiger partial charge >= 0.3 is 0 Å². The van der Waals surface area contributed by atoms with Gasteiger partial charge in [0.1, 0.15) is 0 Å². The number of aryl methyl sites for hydroxylation is 1. The quantitative estimate of drug-likeness (QED) is 0.529. The van der Waals surface area contributed by atoms with Crippen molar-refractivity contribution in [3.8, 4) is 0 Å². The molecule has 0 amide bonds. The summed E-state index contributed by atoms with van der Waals surface area (Å²) in [5.41, 5.74) is 2.86.